The van der Waals surface area contributed by atoms with Gasteiger partial charge in [0.1, 0.15) is 32.8 Å². The van der Waals surface area contributed by atoms with E-state index < -0.39 is 52.1 Å². The number of amides is 4. The molecule has 2 aromatic heterocycles. The Morgan fingerprint density at radius 2 is 1.82 bits per heavy atom. The molecule has 3 N–H and O–H groups in total. The monoisotopic (exact) mass is 644 g/mol. The maximum Gasteiger partial charge on any atom is 0.273 e. The third kappa shape index (κ3) is 9.44. The van der Waals surface area contributed by atoms with E-state index in [0.29, 0.717) is 11.4 Å². The highest BCUT2D eigenvalue weighted by atomic mass is 32.2. The summed E-state index contributed by atoms with van der Waals surface area (Å²) < 4.78 is 29.1. The molecule has 0 spiro atoms. The van der Waals surface area contributed by atoms with Crippen LogP contribution in [0.1, 0.15) is 76.2 Å². The lowest BCUT2D eigenvalue weighted by atomic mass is 10.0. The first kappa shape index (κ1) is 32.8. The zero-order chi connectivity index (χ0) is 31.9. The van der Waals surface area contributed by atoms with Crippen LogP contribution >= 0.6 is 11.3 Å². The van der Waals surface area contributed by atoms with Crippen LogP contribution in [0.5, 0.6) is 0 Å². The molecule has 44 heavy (non-hydrogen) atoms. The Morgan fingerprint density at radius 1 is 1.07 bits per heavy atom. The first-order chi connectivity index (χ1) is 20.9. The van der Waals surface area contributed by atoms with Crippen molar-refractivity contribution in [1.82, 2.24) is 30.8 Å². The quantitative estimate of drug-likeness (QED) is 0.347. The summed E-state index contributed by atoms with van der Waals surface area (Å²) in [6.07, 6.45) is 2.77. The van der Waals surface area contributed by atoms with Crippen molar-refractivity contribution in [2.24, 2.45) is 5.92 Å². The molecule has 0 fully saturated rings. The fraction of sp³-hybridized carbons (Fsp3) is 0.448. The van der Waals surface area contributed by atoms with E-state index in [0.717, 1.165) is 11.8 Å². The second-order valence-corrected chi connectivity index (χ2v) is 14.2. The molecule has 4 bridgehead atoms. The van der Waals surface area contributed by atoms with Crippen LogP contribution in [-0.4, -0.2) is 78.6 Å². The lowest BCUT2D eigenvalue weighted by Crippen LogP contribution is -2.45. The number of aromatic nitrogens is 2. The van der Waals surface area contributed by atoms with Crippen LogP contribution in [0.15, 0.2) is 46.4 Å². The number of fused-ring (bicyclic) bond motifs is 4. The SMILES string of the molecule is CC(C)C[C@@H]1NC(=O)c2coc(n2)[C@H](Cc2ccccc2)NC(=O)CN(C(=O)CCS(C)(=O)=O)CCNC(=O)c2csc1n2. The molecule has 1 aliphatic rings. The Hall–Kier alpha value is -4.11. The van der Waals surface area contributed by atoms with Gasteiger partial charge in [-0.15, -0.1) is 11.3 Å². The standard InChI is InChI=1S/C29H36N6O7S2/c1-18(2)13-21-29-34-23(17-43-29)26(38)30-10-11-35(25(37)9-12-44(3,40)41)15-24(36)31-20(14-19-7-5-4-6-8-19)28-33-22(16-42-28)27(39)32-21/h4-8,16-18,20-21H,9-15H2,1-3H3,(H,30,38)(H,31,36)(H,32,39)/t20-,21-/m0/s1. The number of oxazole rings is 1. The predicted octanol–water partition coefficient (Wildman–Crippen LogP) is 2.06. The average molecular weight is 645 g/mol. The zero-order valence-electron chi connectivity index (χ0n) is 24.7. The van der Waals surface area contributed by atoms with Crippen LogP contribution in [0.25, 0.3) is 0 Å². The summed E-state index contributed by atoms with van der Waals surface area (Å²) in [6.45, 7) is 3.55. The number of rotatable bonds is 7. The zero-order valence-corrected chi connectivity index (χ0v) is 26.4. The van der Waals surface area contributed by atoms with Crippen molar-refractivity contribution >= 4 is 44.8 Å². The minimum Gasteiger partial charge on any atom is -0.446 e. The first-order valence-corrected chi connectivity index (χ1v) is 17.1. The topological polar surface area (TPSA) is 181 Å². The van der Waals surface area contributed by atoms with Crippen LogP contribution < -0.4 is 16.0 Å². The number of nitrogens with zero attached hydrogens (tertiary/aromatic N) is 3. The highest BCUT2D eigenvalue weighted by Gasteiger charge is 2.28. The molecule has 15 heteroatoms. The lowest BCUT2D eigenvalue weighted by molar-refractivity contribution is -0.136. The van der Waals surface area contributed by atoms with Gasteiger partial charge in [-0.3, -0.25) is 19.2 Å². The van der Waals surface area contributed by atoms with Gasteiger partial charge in [0, 0.05) is 37.6 Å². The van der Waals surface area contributed by atoms with Gasteiger partial charge in [0.2, 0.25) is 17.7 Å². The van der Waals surface area contributed by atoms with Crippen LogP contribution in [-0.2, 0) is 25.8 Å². The molecule has 3 heterocycles. The van der Waals surface area contributed by atoms with E-state index in [1.807, 2.05) is 44.2 Å². The van der Waals surface area contributed by atoms with Crippen LogP contribution in [0.4, 0.5) is 0 Å². The van der Waals surface area contributed by atoms with E-state index in [2.05, 4.69) is 25.9 Å². The normalized spacial score (nSPS) is 18.6. The largest absolute Gasteiger partial charge is 0.446 e. The predicted molar refractivity (Wildman–Crippen MR) is 163 cm³/mol. The van der Waals surface area contributed by atoms with Gasteiger partial charge in [0.05, 0.1) is 18.3 Å². The number of benzene rings is 1. The number of hydrogen-bond donors (Lipinski definition) is 3. The number of hydrogen-bond acceptors (Lipinski definition) is 10. The van der Waals surface area contributed by atoms with Crippen LogP contribution in [0.2, 0.25) is 0 Å². The summed E-state index contributed by atoms with van der Waals surface area (Å²) >= 11 is 1.24. The van der Waals surface area contributed by atoms with Gasteiger partial charge in [-0.1, -0.05) is 44.2 Å². The molecule has 0 radical (unpaired) electrons. The second kappa shape index (κ2) is 14.6. The molecule has 1 aliphatic heterocycles. The van der Waals surface area contributed by atoms with Crippen molar-refractivity contribution in [1.29, 1.82) is 0 Å². The number of carbonyl (C=O) groups excluding carboxylic acids is 4. The fourth-order valence-corrected chi connectivity index (χ4v) is 6.02. The molecule has 236 valence electrons. The number of nitrogens with one attached hydrogen (secondary N) is 3. The Balaban J connectivity index is 1.67. The van der Waals surface area contributed by atoms with Gasteiger partial charge < -0.3 is 25.3 Å². The van der Waals surface area contributed by atoms with Gasteiger partial charge in [-0.25, -0.2) is 18.4 Å². The number of sulfone groups is 1. The number of carbonyl (C=O) groups is 4. The third-order valence-electron chi connectivity index (χ3n) is 6.78. The smallest absolute Gasteiger partial charge is 0.273 e. The molecule has 4 amide bonds. The Bertz CT molecular complexity index is 1590. The summed E-state index contributed by atoms with van der Waals surface area (Å²) in [6, 6.07) is 8.02. The molecule has 3 aromatic rings. The van der Waals surface area contributed by atoms with E-state index in [-0.39, 0.29) is 54.9 Å². The van der Waals surface area contributed by atoms with Gasteiger partial charge in [0.25, 0.3) is 11.8 Å². The Morgan fingerprint density at radius 3 is 2.52 bits per heavy atom. The van der Waals surface area contributed by atoms with E-state index in [4.69, 9.17) is 4.42 Å². The summed E-state index contributed by atoms with van der Waals surface area (Å²) in [5.41, 5.74) is 1.02. The minimum absolute atomic E-state index is 0.00765. The van der Waals surface area contributed by atoms with E-state index in [9.17, 15) is 27.6 Å². The number of thiazole rings is 1. The fourth-order valence-electron chi connectivity index (χ4n) is 4.61. The second-order valence-electron chi connectivity index (χ2n) is 11.1. The average Bonchev–Trinajstić information content (AvgIpc) is 3.65. The molecule has 0 saturated carbocycles. The van der Waals surface area contributed by atoms with E-state index >= 15 is 0 Å². The van der Waals surface area contributed by atoms with Crippen molar-refractivity contribution in [3.8, 4) is 0 Å². The molecular formula is C29H36N6O7S2. The van der Waals surface area contributed by atoms with E-state index in [1.54, 1.807) is 5.38 Å². The molecule has 0 saturated heterocycles. The molecule has 1 aromatic carbocycles. The Labute approximate surface area is 259 Å². The maximum absolute atomic E-state index is 13.3. The van der Waals surface area contributed by atoms with Crippen molar-refractivity contribution in [2.45, 2.75) is 45.2 Å². The highest BCUT2D eigenvalue weighted by molar-refractivity contribution is 7.90. The van der Waals surface area contributed by atoms with Gasteiger partial charge in [-0.05, 0) is 17.9 Å². The maximum atomic E-state index is 13.3. The van der Waals surface area contributed by atoms with Gasteiger partial charge >= 0.3 is 0 Å². The van der Waals surface area contributed by atoms with Crippen molar-refractivity contribution in [3.05, 3.63) is 69.8 Å². The van der Waals surface area contributed by atoms with E-state index in [1.165, 1.54) is 22.5 Å². The van der Waals surface area contributed by atoms with Crippen molar-refractivity contribution < 1.29 is 32.0 Å². The third-order valence-corrected chi connectivity index (χ3v) is 8.68. The van der Waals surface area contributed by atoms with Gasteiger partial charge in [0.15, 0.2) is 5.69 Å². The molecule has 0 aliphatic carbocycles. The molecule has 4 rings (SSSR count). The van der Waals surface area contributed by atoms with Crippen LogP contribution in [0.3, 0.4) is 0 Å². The summed E-state index contributed by atoms with van der Waals surface area (Å²) in [7, 11) is -3.43. The highest BCUT2D eigenvalue weighted by Crippen LogP contribution is 2.26. The molecular weight excluding hydrogens is 608 g/mol. The minimum atomic E-state index is -3.43. The molecule has 13 nitrogen and oxygen atoms in total. The Kier molecular flexibility index (Phi) is 10.9. The van der Waals surface area contributed by atoms with Crippen molar-refractivity contribution in [3.63, 3.8) is 0 Å². The summed E-state index contributed by atoms with van der Waals surface area (Å²) in [4.78, 5) is 62.5. The van der Waals surface area contributed by atoms with Crippen LogP contribution in [0, 0.1) is 5.92 Å². The summed E-state index contributed by atoms with van der Waals surface area (Å²) in [5, 5.41) is 10.6. The molecule has 0 unspecified atom stereocenters. The molecule has 2 atom stereocenters. The van der Waals surface area contributed by atoms with Crippen molar-refractivity contribution in [2.75, 3.05) is 31.6 Å². The first-order valence-electron chi connectivity index (χ1n) is 14.2. The lowest BCUT2D eigenvalue weighted by Gasteiger charge is -2.24. The summed E-state index contributed by atoms with van der Waals surface area (Å²) in [5.74, 6) is -2.18. The van der Waals surface area contributed by atoms with Gasteiger partial charge in [-0.2, -0.15) is 0 Å².